The van der Waals surface area contributed by atoms with Crippen molar-refractivity contribution in [2.75, 3.05) is 27.3 Å². The summed E-state index contributed by atoms with van der Waals surface area (Å²) in [4.78, 5) is 30.7. The Kier molecular flexibility index (Phi) is 8.90. The normalized spacial score (nSPS) is 17.6. The molecule has 0 radical (unpaired) electrons. The van der Waals surface area contributed by atoms with E-state index in [2.05, 4.69) is 4.99 Å². The van der Waals surface area contributed by atoms with E-state index in [4.69, 9.17) is 14.2 Å². The number of esters is 1. The summed E-state index contributed by atoms with van der Waals surface area (Å²) in [6.07, 6.45) is -7.22. The molecule has 0 atom stereocenters. The highest BCUT2D eigenvalue weighted by molar-refractivity contribution is 8.18. The predicted octanol–water partition coefficient (Wildman–Crippen LogP) is 6.17. The molecule has 2 aromatic carbocycles. The van der Waals surface area contributed by atoms with E-state index < -0.39 is 41.6 Å². The van der Waals surface area contributed by atoms with E-state index in [1.54, 1.807) is 12.1 Å². The first-order valence-electron chi connectivity index (χ1n) is 12.2. The van der Waals surface area contributed by atoms with E-state index in [9.17, 15) is 35.9 Å². The number of carbonyl (C=O) groups is 2. The van der Waals surface area contributed by atoms with Crippen LogP contribution in [0, 0.1) is 5.92 Å². The maximum Gasteiger partial charge on any atom is 0.416 e. The Labute approximate surface area is 235 Å². The average molecular weight is 603 g/mol. The summed E-state index contributed by atoms with van der Waals surface area (Å²) in [6, 6.07) is 5.83. The maximum absolute atomic E-state index is 13.5. The van der Waals surface area contributed by atoms with Crippen LogP contribution in [0.15, 0.2) is 46.3 Å². The molecule has 0 bridgehead atoms. The minimum atomic E-state index is -5.02. The number of amides is 1. The van der Waals surface area contributed by atoms with Gasteiger partial charge in [0.15, 0.2) is 16.7 Å². The molecule has 0 aromatic heterocycles. The number of thioether (sulfide) groups is 1. The minimum Gasteiger partial charge on any atom is -0.493 e. The summed E-state index contributed by atoms with van der Waals surface area (Å²) in [5, 5.41) is 0.522. The van der Waals surface area contributed by atoms with Crippen molar-refractivity contribution in [1.29, 1.82) is 0 Å². The molecule has 1 amide bonds. The van der Waals surface area contributed by atoms with E-state index in [1.165, 1.54) is 38.1 Å². The highest BCUT2D eigenvalue weighted by Crippen LogP contribution is 2.39. The van der Waals surface area contributed by atoms with Crippen LogP contribution in [-0.2, 0) is 33.3 Å². The molecule has 0 saturated carbocycles. The van der Waals surface area contributed by atoms with Crippen LogP contribution in [0.2, 0.25) is 0 Å². The summed E-state index contributed by atoms with van der Waals surface area (Å²) in [5.74, 6) is -0.702. The van der Waals surface area contributed by atoms with Gasteiger partial charge in [0.2, 0.25) is 0 Å². The van der Waals surface area contributed by atoms with Crippen LogP contribution in [0.4, 0.5) is 26.3 Å². The Hall–Kier alpha value is -3.68. The second-order valence-electron chi connectivity index (χ2n) is 9.16. The number of hydrogen-bond donors (Lipinski definition) is 0. The van der Waals surface area contributed by atoms with Crippen LogP contribution >= 0.6 is 11.8 Å². The molecule has 7 nitrogen and oxygen atoms in total. The lowest BCUT2D eigenvalue weighted by Crippen LogP contribution is -2.38. The van der Waals surface area contributed by atoms with Gasteiger partial charge < -0.3 is 19.1 Å². The van der Waals surface area contributed by atoms with Crippen molar-refractivity contribution < 1.29 is 50.1 Å². The number of alkyl halides is 6. The molecule has 2 heterocycles. The number of amidine groups is 1. The third-order valence-corrected chi connectivity index (χ3v) is 7.56. The number of halogens is 6. The smallest absolute Gasteiger partial charge is 0.416 e. The summed E-state index contributed by atoms with van der Waals surface area (Å²) in [6.45, 7) is 0.421. The third-order valence-electron chi connectivity index (χ3n) is 6.52. The van der Waals surface area contributed by atoms with E-state index in [1.807, 2.05) is 4.90 Å². The molecule has 0 unspecified atom stereocenters. The lowest BCUT2D eigenvalue weighted by Gasteiger charge is -2.31. The fraction of sp³-hybridized carbons (Fsp3) is 0.370. The molecule has 220 valence electrons. The van der Waals surface area contributed by atoms with Gasteiger partial charge in [0.05, 0.1) is 36.2 Å². The fourth-order valence-electron chi connectivity index (χ4n) is 4.35. The molecule has 14 heteroatoms. The standard InChI is InChI=1S/C27H24F6N2O5S/c1-38-21-11-15(12-22-23(36)34-25(41-22)35-9-7-16(8-10-35)24(37)39-2)3-6-20(21)40-14-17-4-5-18(26(28,29)30)13-19(17)27(31,32)33/h3-6,11-13,16H,7-10,14H2,1-2H3. The second kappa shape index (κ2) is 12.0. The number of benzene rings is 2. The van der Waals surface area contributed by atoms with Gasteiger partial charge in [-0.2, -0.15) is 31.3 Å². The van der Waals surface area contributed by atoms with Crippen LogP contribution in [0.5, 0.6) is 11.5 Å². The van der Waals surface area contributed by atoms with Crippen LogP contribution in [0.25, 0.3) is 6.08 Å². The predicted molar refractivity (Wildman–Crippen MR) is 138 cm³/mol. The van der Waals surface area contributed by atoms with E-state index >= 15 is 0 Å². The number of carbonyl (C=O) groups excluding carboxylic acids is 2. The van der Waals surface area contributed by atoms with E-state index in [-0.39, 0.29) is 29.5 Å². The molecule has 2 aliphatic heterocycles. The van der Waals surface area contributed by atoms with Crippen molar-refractivity contribution >= 4 is 34.9 Å². The monoisotopic (exact) mass is 602 g/mol. The van der Waals surface area contributed by atoms with Crippen LogP contribution in [0.3, 0.4) is 0 Å². The first kappa shape index (κ1) is 30.3. The molecule has 2 aliphatic rings. The summed E-state index contributed by atoms with van der Waals surface area (Å²) in [7, 11) is 2.66. The Morgan fingerprint density at radius 1 is 1.02 bits per heavy atom. The van der Waals surface area contributed by atoms with Crippen molar-refractivity contribution in [3.8, 4) is 11.5 Å². The first-order valence-corrected chi connectivity index (χ1v) is 13.0. The van der Waals surface area contributed by atoms with Crippen molar-refractivity contribution in [2.24, 2.45) is 10.9 Å². The Balaban J connectivity index is 1.45. The summed E-state index contributed by atoms with van der Waals surface area (Å²) in [5.41, 5.74) is -2.82. The zero-order valence-electron chi connectivity index (χ0n) is 21.8. The lowest BCUT2D eigenvalue weighted by molar-refractivity contribution is -0.147. The highest BCUT2D eigenvalue weighted by atomic mass is 32.2. The van der Waals surface area contributed by atoms with Crippen LogP contribution in [-0.4, -0.2) is 49.3 Å². The number of aliphatic imine (C=N–C) groups is 1. The van der Waals surface area contributed by atoms with Gasteiger partial charge in [-0.05, 0) is 60.5 Å². The van der Waals surface area contributed by atoms with Gasteiger partial charge in [-0.25, -0.2) is 0 Å². The van der Waals surface area contributed by atoms with Crippen molar-refractivity contribution in [1.82, 2.24) is 4.90 Å². The number of likely N-dealkylation sites (tertiary alicyclic amines) is 1. The Morgan fingerprint density at radius 3 is 2.34 bits per heavy atom. The quantitative estimate of drug-likeness (QED) is 0.223. The van der Waals surface area contributed by atoms with Gasteiger partial charge in [0.25, 0.3) is 5.91 Å². The number of rotatable bonds is 6. The van der Waals surface area contributed by atoms with Gasteiger partial charge in [-0.3, -0.25) is 9.59 Å². The second-order valence-corrected chi connectivity index (χ2v) is 10.2. The summed E-state index contributed by atoms with van der Waals surface area (Å²) < 4.78 is 94.8. The largest absolute Gasteiger partial charge is 0.493 e. The summed E-state index contributed by atoms with van der Waals surface area (Å²) >= 11 is 1.18. The highest BCUT2D eigenvalue weighted by Gasteiger charge is 2.38. The molecular weight excluding hydrogens is 578 g/mol. The molecular formula is C27H24F6N2O5S. The van der Waals surface area contributed by atoms with Gasteiger partial charge in [-0.15, -0.1) is 0 Å². The topological polar surface area (TPSA) is 77.4 Å². The third kappa shape index (κ3) is 7.16. The van der Waals surface area contributed by atoms with Gasteiger partial charge >= 0.3 is 18.3 Å². The van der Waals surface area contributed by atoms with Crippen LogP contribution in [0.1, 0.15) is 35.1 Å². The Morgan fingerprint density at radius 2 is 1.73 bits per heavy atom. The number of nitrogens with zero attached hydrogens (tertiary/aromatic N) is 2. The minimum absolute atomic E-state index is 0.0542. The molecule has 0 spiro atoms. The molecule has 4 rings (SSSR count). The molecule has 0 N–H and O–H groups in total. The van der Waals surface area contributed by atoms with E-state index in [0.29, 0.717) is 47.6 Å². The fourth-order valence-corrected chi connectivity index (χ4v) is 5.31. The van der Waals surface area contributed by atoms with Crippen molar-refractivity contribution in [3.05, 3.63) is 63.6 Å². The number of methoxy groups -OCH3 is 2. The first-order chi connectivity index (χ1) is 19.3. The van der Waals surface area contributed by atoms with E-state index in [0.717, 1.165) is 6.07 Å². The zero-order chi connectivity index (χ0) is 29.9. The number of hydrogen-bond acceptors (Lipinski definition) is 7. The van der Waals surface area contributed by atoms with Gasteiger partial charge in [-0.1, -0.05) is 12.1 Å². The number of ether oxygens (including phenoxy) is 3. The van der Waals surface area contributed by atoms with Crippen molar-refractivity contribution in [2.45, 2.75) is 31.8 Å². The molecule has 2 aromatic rings. The average Bonchev–Trinajstić information content (AvgIpc) is 3.30. The van der Waals surface area contributed by atoms with Gasteiger partial charge in [0, 0.05) is 18.7 Å². The molecule has 0 aliphatic carbocycles. The molecule has 41 heavy (non-hydrogen) atoms. The zero-order valence-corrected chi connectivity index (χ0v) is 22.6. The van der Waals surface area contributed by atoms with Crippen LogP contribution < -0.4 is 9.47 Å². The Bertz CT molecular complexity index is 1380. The maximum atomic E-state index is 13.5. The molecule has 1 saturated heterocycles. The lowest BCUT2D eigenvalue weighted by atomic mass is 9.97. The number of piperidine rings is 1. The SMILES string of the molecule is COC(=O)C1CCN(C2=NC(=O)C(=Cc3ccc(OCc4ccc(C(F)(F)F)cc4C(F)(F)F)c(OC)c3)S2)CC1. The van der Waals surface area contributed by atoms with Gasteiger partial charge in [0.1, 0.15) is 6.61 Å². The van der Waals surface area contributed by atoms with Crippen molar-refractivity contribution in [3.63, 3.8) is 0 Å². The molecule has 1 fully saturated rings.